The Balaban J connectivity index is 0.000000115. The van der Waals surface area contributed by atoms with E-state index in [1.165, 1.54) is 25.3 Å². The fraction of sp³-hybridized carbons (Fsp3) is 0.549. The minimum Gasteiger partial charge on any atom is -0.475 e. The van der Waals surface area contributed by atoms with E-state index in [1.807, 2.05) is 126 Å². The zero-order valence-corrected chi connectivity index (χ0v) is 87.1. The average molecular weight is 2080 g/mol. The van der Waals surface area contributed by atoms with E-state index in [9.17, 15) is 0 Å². The molecule has 28 atom stereocenters. The molecule has 12 saturated heterocycles. The summed E-state index contributed by atoms with van der Waals surface area (Å²) < 4.78 is 169. The van der Waals surface area contributed by atoms with Crippen molar-refractivity contribution in [2.75, 3.05) is 39.4 Å². The van der Waals surface area contributed by atoms with Gasteiger partial charge in [-0.15, -0.1) is 0 Å². The standard InChI is InChI=1S/2C27H32FN6O4P.2C24H29FN5O3P/c2*1-4-19-23(37-39-34-14-8-12-20(34)27(3,38-39)18-10-6-5-7-11-18)21(28)26(36-19)33-16-30-22-24(33)31-17(2)32-25(22)35-15-9-13-29;2*1-4-17-21(19(25)23(31-17)29-14-28-20-15(2)26-13-27-22(20)29)32-34-30-12-8-11-18(30)24(3,33-34)16-9-6-5-7-10-16/h2*5-7,10-11,16,19-21,23,26H,4,8-9,12,14-15H2,1-3H3;2*5-7,9-10,13-14,17-19,21,23H,4,8,11-12H2,1-3H3/t19-,20+,21?,23+,26-,27-,39+;19-,20-,21?,23+,26-,27+,39-;17-,18+,19?,21+,23-,24-,34+;17-,18-,19?,21+,23-,24+,34-/m1111/s1. The van der Waals surface area contributed by atoms with Gasteiger partial charge in [0.25, 0.3) is 34.1 Å². The molecule has 772 valence electrons. The van der Waals surface area contributed by atoms with Crippen LogP contribution in [0.1, 0.15) is 215 Å². The number of rotatable bonds is 26. The molecule has 4 aromatic carbocycles. The van der Waals surface area contributed by atoms with Crippen molar-refractivity contribution >= 4 is 78.8 Å². The Morgan fingerprint density at radius 2 is 0.616 bits per heavy atom. The van der Waals surface area contributed by atoms with Crippen LogP contribution >= 0.6 is 34.1 Å². The number of nitriles is 2. The van der Waals surface area contributed by atoms with Crippen LogP contribution in [0.2, 0.25) is 0 Å². The Bertz CT molecular complexity index is 6280. The van der Waals surface area contributed by atoms with Crippen LogP contribution in [0.15, 0.2) is 159 Å². The van der Waals surface area contributed by atoms with E-state index >= 15 is 17.6 Å². The molecule has 0 aliphatic carbocycles. The molecule has 0 saturated carbocycles. The van der Waals surface area contributed by atoms with Gasteiger partial charge in [-0.1, -0.05) is 149 Å². The number of aromatic nitrogens is 16. The number of fused-ring (bicyclic) bond motifs is 8. The van der Waals surface area contributed by atoms with Crippen LogP contribution in [0.4, 0.5) is 17.6 Å². The predicted octanol–water partition coefficient (Wildman–Crippen LogP) is 19.8. The minimum atomic E-state index is -1.48. The summed E-state index contributed by atoms with van der Waals surface area (Å²) in [6.07, 6.45) is 6.13. The molecular weight excluding hydrogens is 1960 g/mol. The molecule has 44 heteroatoms. The molecular formula is C102H122F4N22O14P4. The molecule has 12 aliphatic heterocycles. The van der Waals surface area contributed by atoms with Crippen LogP contribution in [-0.2, 0) is 77.5 Å². The molecule has 0 radical (unpaired) electrons. The summed E-state index contributed by atoms with van der Waals surface area (Å²) in [4.78, 5) is 52.3. The Morgan fingerprint density at radius 1 is 0.356 bits per heavy atom. The van der Waals surface area contributed by atoms with Gasteiger partial charge in [0, 0.05) is 26.2 Å². The molecule has 12 fully saturated rings. The van der Waals surface area contributed by atoms with Crippen molar-refractivity contribution in [1.82, 2.24) is 96.8 Å². The fourth-order valence-electron chi connectivity index (χ4n) is 22.7. The number of imidazole rings is 4. The number of alkyl halides is 4. The summed E-state index contributed by atoms with van der Waals surface area (Å²) in [5, 5.41) is 17.7. The van der Waals surface area contributed by atoms with Gasteiger partial charge in [-0.05, 0) is 155 Å². The maximum absolute atomic E-state index is 16.3. The van der Waals surface area contributed by atoms with Crippen molar-refractivity contribution in [2.45, 2.75) is 318 Å². The number of aryl methyl sites for hydroxylation is 4. The maximum atomic E-state index is 16.3. The van der Waals surface area contributed by atoms with E-state index in [0.29, 0.717) is 82.0 Å². The van der Waals surface area contributed by atoms with Crippen LogP contribution in [0.5, 0.6) is 11.8 Å². The third-order valence-corrected chi connectivity index (χ3v) is 37.8. The second kappa shape index (κ2) is 43.1. The Kier molecular flexibility index (Phi) is 30.2. The molecule has 12 aromatic rings. The lowest BCUT2D eigenvalue weighted by molar-refractivity contribution is -0.0229. The first-order valence-electron chi connectivity index (χ1n) is 50.7. The van der Waals surface area contributed by atoms with Crippen molar-refractivity contribution in [3.8, 4) is 23.9 Å². The van der Waals surface area contributed by atoms with Crippen molar-refractivity contribution in [1.29, 1.82) is 10.5 Å². The molecule has 4 unspecified atom stereocenters. The summed E-state index contributed by atoms with van der Waals surface area (Å²) in [6, 6.07) is 45.9. The summed E-state index contributed by atoms with van der Waals surface area (Å²) in [6.45, 7) is 27.5. The van der Waals surface area contributed by atoms with E-state index in [2.05, 4.69) is 155 Å². The van der Waals surface area contributed by atoms with Crippen molar-refractivity contribution in [3.63, 3.8) is 0 Å². The number of halogens is 4. The predicted molar refractivity (Wildman–Crippen MR) is 534 cm³/mol. The molecule has 0 N–H and O–H groups in total. The van der Waals surface area contributed by atoms with Gasteiger partial charge < -0.3 is 64.6 Å². The number of hydrogen-bond acceptors (Lipinski definition) is 32. The van der Waals surface area contributed by atoms with Gasteiger partial charge in [0.2, 0.25) is 11.8 Å². The monoisotopic (exact) mass is 2080 g/mol. The fourth-order valence-corrected chi connectivity index (χ4v) is 31.3. The molecule has 0 spiro atoms. The van der Waals surface area contributed by atoms with Gasteiger partial charge in [-0.3, -0.25) is 18.3 Å². The lowest BCUT2D eigenvalue weighted by Crippen LogP contribution is -2.36. The van der Waals surface area contributed by atoms with Crippen LogP contribution in [0.3, 0.4) is 0 Å². The van der Waals surface area contributed by atoms with Crippen LogP contribution in [0, 0.1) is 50.4 Å². The molecule has 0 bridgehead atoms. The van der Waals surface area contributed by atoms with E-state index in [1.54, 1.807) is 44.8 Å². The maximum Gasteiger partial charge on any atom is 0.260 e. The second-order valence-electron chi connectivity index (χ2n) is 39.3. The zero-order valence-electron chi connectivity index (χ0n) is 83.6. The lowest BCUT2D eigenvalue weighted by Gasteiger charge is -2.29. The molecule has 24 rings (SSSR count). The van der Waals surface area contributed by atoms with Crippen LogP contribution in [-0.4, -0.2) is 234 Å². The third-order valence-electron chi connectivity index (χ3n) is 30.4. The average Bonchev–Trinajstić information content (AvgIpc) is 1.59. The van der Waals surface area contributed by atoms with Gasteiger partial charge in [-0.2, -0.15) is 20.5 Å². The van der Waals surface area contributed by atoms with Gasteiger partial charge in [0.05, 0.1) is 110 Å². The molecule has 12 aliphatic rings. The van der Waals surface area contributed by atoms with Crippen molar-refractivity contribution in [2.24, 2.45) is 0 Å². The highest BCUT2D eigenvalue weighted by Crippen LogP contribution is 2.69. The molecule has 146 heavy (non-hydrogen) atoms. The smallest absolute Gasteiger partial charge is 0.260 e. The highest BCUT2D eigenvalue weighted by atomic mass is 31.2. The first-order chi connectivity index (χ1) is 70.9. The van der Waals surface area contributed by atoms with Gasteiger partial charge in [0.15, 0.2) is 83.2 Å². The van der Waals surface area contributed by atoms with E-state index in [-0.39, 0.29) is 62.0 Å². The van der Waals surface area contributed by atoms with Crippen molar-refractivity contribution in [3.05, 3.63) is 205 Å². The highest BCUT2D eigenvalue weighted by molar-refractivity contribution is 7.45. The molecule has 8 aromatic heterocycles. The normalized spacial score (nSPS) is 34.1. The Hall–Kier alpha value is -9.54. The van der Waals surface area contributed by atoms with Gasteiger partial charge in [-0.25, -0.2) is 86.1 Å². The van der Waals surface area contributed by atoms with Gasteiger partial charge in [0.1, 0.15) is 95.4 Å². The topological polar surface area (TPSA) is 364 Å². The lowest BCUT2D eigenvalue weighted by atomic mass is 9.87. The van der Waals surface area contributed by atoms with Crippen LogP contribution < -0.4 is 9.47 Å². The number of nitrogens with zero attached hydrogens (tertiary/aromatic N) is 22. The quantitative estimate of drug-likeness (QED) is 0.0276. The highest BCUT2D eigenvalue weighted by Gasteiger charge is 2.64. The summed E-state index contributed by atoms with van der Waals surface area (Å²) in [5.74, 6) is 1.44. The first-order valence-corrected chi connectivity index (χ1v) is 55.2. The van der Waals surface area contributed by atoms with Gasteiger partial charge >= 0.3 is 0 Å². The Morgan fingerprint density at radius 3 is 0.877 bits per heavy atom. The summed E-state index contributed by atoms with van der Waals surface area (Å²) >= 11 is 0. The minimum absolute atomic E-state index is 0.178. The second-order valence-corrected chi connectivity index (χ2v) is 44.9. The molecule has 36 nitrogen and oxygen atoms in total. The number of benzene rings is 4. The third kappa shape index (κ3) is 18.8. The van der Waals surface area contributed by atoms with E-state index in [4.69, 9.17) is 75.1 Å². The van der Waals surface area contributed by atoms with Crippen molar-refractivity contribution < 1.29 is 82.2 Å². The number of hydrogen-bond donors (Lipinski definition) is 0. The summed E-state index contributed by atoms with van der Waals surface area (Å²) in [7, 11) is -5.80. The SMILES string of the molecule is CC[C@H]1O[C@@H](n2cnc3c(C)ncnc32)C(F)[C@H]1O[P@@]1O[C@](C)(c2ccccc2)[C@@H]2CCCN21.CC[C@H]1O[C@@H](n2cnc3c(C)ncnc32)C(F)[C@H]1O[P@]1O[C@@](C)(c2ccccc2)[C@H]2CCCN21.CC[C@H]1O[C@@H](n2cnc3c(OCCC#N)nc(C)nc32)C(F)[C@H]1O[P@@]1O[C@](C)(c2ccccc2)[C@@H]2CCCN21.CC[C@H]1O[C@@H](n2cnc3c(OCCC#N)nc(C)nc32)C(F)[C@H]1O[P@]1O[C@@](C)(c2ccccc2)[C@H]2CCCN21. The Labute approximate surface area is 849 Å². The van der Waals surface area contributed by atoms with E-state index < -0.39 is 155 Å². The molecule has 20 heterocycles. The van der Waals surface area contributed by atoms with E-state index in [0.717, 1.165) is 111 Å². The largest absolute Gasteiger partial charge is 0.475 e. The molecule has 0 amide bonds. The van der Waals surface area contributed by atoms with Crippen LogP contribution in [0.25, 0.3) is 44.7 Å². The summed E-state index contributed by atoms with van der Waals surface area (Å²) in [5.41, 5.74) is 8.01. The zero-order chi connectivity index (χ0) is 101. The number of ether oxygens (including phenoxy) is 6. The first kappa shape index (κ1) is 102.